The number of morpholine rings is 1. The van der Waals surface area contributed by atoms with Crippen molar-refractivity contribution in [2.24, 2.45) is 11.8 Å². The van der Waals surface area contributed by atoms with Gasteiger partial charge in [0.05, 0.1) is 19.1 Å². The third kappa shape index (κ3) is 3.53. The van der Waals surface area contributed by atoms with E-state index < -0.39 is 12.0 Å². The molecule has 2 amide bonds. The van der Waals surface area contributed by atoms with Crippen molar-refractivity contribution in [2.75, 3.05) is 26.8 Å². The van der Waals surface area contributed by atoms with Crippen LogP contribution in [0.25, 0.3) is 0 Å². The third-order valence-corrected chi connectivity index (χ3v) is 4.39. The molecule has 0 aromatic heterocycles. The Bertz CT molecular complexity index is 418. The zero-order valence-electron chi connectivity index (χ0n) is 12.2. The first-order valence-electron chi connectivity index (χ1n) is 7.37. The van der Waals surface area contributed by atoms with Crippen molar-refractivity contribution in [1.29, 1.82) is 0 Å². The van der Waals surface area contributed by atoms with Crippen LogP contribution in [-0.4, -0.2) is 60.6 Å². The fourth-order valence-electron chi connectivity index (χ4n) is 3.07. The fraction of sp³-hybridized carbons (Fsp3) is 0.786. The van der Waals surface area contributed by atoms with E-state index in [1.165, 1.54) is 7.05 Å². The van der Waals surface area contributed by atoms with Crippen LogP contribution in [0.15, 0.2) is 0 Å². The number of hydrogen-bond acceptors (Lipinski definition) is 4. The molecule has 7 nitrogen and oxygen atoms in total. The lowest BCUT2D eigenvalue weighted by Crippen LogP contribution is -2.57. The zero-order chi connectivity index (χ0) is 15.4. The molecular weight excluding hydrogens is 276 g/mol. The summed E-state index contributed by atoms with van der Waals surface area (Å²) in [6.07, 6.45) is 2.21. The van der Waals surface area contributed by atoms with Gasteiger partial charge in [-0.25, -0.2) is 0 Å². The first kappa shape index (κ1) is 15.8. The summed E-state index contributed by atoms with van der Waals surface area (Å²) in [6.45, 7) is 1.06. The first-order valence-corrected chi connectivity index (χ1v) is 7.37. The number of hydrogen-bond donors (Lipinski definition) is 2. The van der Waals surface area contributed by atoms with Gasteiger partial charge in [-0.2, -0.15) is 0 Å². The number of nitrogens with one attached hydrogen (secondary N) is 1. The Labute approximate surface area is 123 Å². The molecule has 21 heavy (non-hydrogen) atoms. The number of likely N-dealkylation sites (N-methyl/N-ethyl adjacent to an activating group) is 1. The highest BCUT2D eigenvalue weighted by Crippen LogP contribution is 2.31. The number of aliphatic carboxylic acids is 1. The lowest BCUT2D eigenvalue weighted by Gasteiger charge is -2.37. The van der Waals surface area contributed by atoms with Gasteiger partial charge in [0.2, 0.25) is 11.8 Å². The monoisotopic (exact) mass is 298 g/mol. The summed E-state index contributed by atoms with van der Waals surface area (Å²) in [5.41, 5.74) is 0. The fourth-order valence-corrected chi connectivity index (χ4v) is 3.07. The summed E-state index contributed by atoms with van der Waals surface area (Å²) in [7, 11) is 1.54. The molecule has 118 valence electrons. The van der Waals surface area contributed by atoms with Crippen LogP contribution >= 0.6 is 0 Å². The van der Waals surface area contributed by atoms with E-state index in [9.17, 15) is 14.4 Å². The number of ether oxygens (including phenoxy) is 1. The Hall–Kier alpha value is -1.63. The predicted octanol–water partition coefficient (Wildman–Crippen LogP) is -0.149. The maximum Gasteiger partial charge on any atom is 0.306 e. The van der Waals surface area contributed by atoms with E-state index in [-0.39, 0.29) is 30.3 Å². The van der Waals surface area contributed by atoms with Crippen molar-refractivity contribution < 1.29 is 24.2 Å². The minimum absolute atomic E-state index is 0.0456. The number of carbonyl (C=O) groups excluding carboxylic acids is 2. The van der Waals surface area contributed by atoms with Crippen LogP contribution in [0.2, 0.25) is 0 Å². The first-order chi connectivity index (χ1) is 10.0. The van der Waals surface area contributed by atoms with Crippen molar-refractivity contribution in [3.63, 3.8) is 0 Å². The number of carbonyl (C=O) groups is 3. The van der Waals surface area contributed by atoms with Crippen molar-refractivity contribution in [3.05, 3.63) is 0 Å². The van der Waals surface area contributed by atoms with Crippen molar-refractivity contribution >= 4 is 17.8 Å². The van der Waals surface area contributed by atoms with E-state index in [0.29, 0.717) is 38.8 Å². The van der Waals surface area contributed by atoms with Crippen molar-refractivity contribution in [2.45, 2.75) is 31.7 Å². The predicted molar refractivity (Wildman–Crippen MR) is 73.5 cm³/mol. The van der Waals surface area contributed by atoms with Gasteiger partial charge in [-0.1, -0.05) is 0 Å². The molecule has 1 aliphatic carbocycles. The van der Waals surface area contributed by atoms with Gasteiger partial charge in [0.25, 0.3) is 0 Å². The van der Waals surface area contributed by atoms with E-state index in [1.807, 2.05) is 0 Å². The summed E-state index contributed by atoms with van der Waals surface area (Å²) < 4.78 is 5.29. The third-order valence-electron chi connectivity index (χ3n) is 4.39. The lowest BCUT2D eigenvalue weighted by molar-refractivity contribution is -0.153. The highest BCUT2D eigenvalue weighted by molar-refractivity contribution is 5.88. The molecule has 1 saturated carbocycles. The normalized spacial score (nSPS) is 29.8. The minimum atomic E-state index is -0.782. The SMILES string of the molecule is CNC(=O)C1COCCN1C(=O)C1CCC(C(=O)O)CC1. The molecule has 0 bridgehead atoms. The number of nitrogens with zero attached hydrogens (tertiary/aromatic N) is 1. The molecule has 1 saturated heterocycles. The van der Waals surface area contributed by atoms with E-state index in [4.69, 9.17) is 9.84 Å². The second-order valence-electron chi connectivity index (χ2n) is 5.62. The minimum Gasteiger partial charge on any atom is -0.481 e. The van der Waals surface area contributed by atoms with Gasteiger partial charge in [-0.15, -0.1) is 0 Å². The maximum atomic E-state index is 12.6. The smallest absolute Gasteiger partial charge is 0.306 e. The number of carboxylic acids is 1. The summed E-state index contributed by atoms with van der Waals surface area (Å²) in [4.78, 5) is 37.0. The number of amides is 2. The lowest BCUT2D eigenvalue weighted by atomic mass is 9.81. The van der Waals surface area contributed by atoms with E-state index >= 15 is 0 Å². The molecule has 0 aromatic rings. The number of carboxylic acid groups (broad SMARTS) is 1. The molecule has 2 fully saturated rings. The molecule has 2 rings (SSSR count). The number of rotatable bonds is 3. The maximum absolute atomic E-state index is 12.6. The molecule has 1 heterocycles. The van der Waals surface area contributed by atoms with Gasteiger partial charge in [-0.3, -0.25) is 14.4 Å². The average molecular weight is 298 g/mol. The second-order valence-corrected chi connectivity index (χ2v) is 5.62. The summed E-state index contributed by atoms with van der Waals surface area (Å²) in [5.74, 6) is -1.56. The Morgan fingerprint density at radius 3 is 2.33 bits per heavy atom. The molecule has 1 atom stereocenters. The van der Waals surface area contributed by atoms with E-state index in [0.717, 1.165) is 0 Å². The highest BCUT2D eigenvalue weighted by atomic mass is 16.5. The van der Waals surface area contributed by atoms with Crippen LogP contribution in [0.4, 0.5) is 0 Å². The zero-order valence-corrected chi connectivity index (χ0v) is 12.2. The highest BCUT2D eigenvalue weighted by Gasteiger charge is 2.37. The Balaban J connectivity index is 1.98. The molecule has 0 aromatic carbocycles. The van der Waals surface area contributed by atoms with E-state index in [1.54, 1.807) is 4.90 Å². The van der Waals surface area contributed by atoms with Crippen LogP contribution < -0.4 is 5.32 Å². The van der Waals surface area contributed by atoms with Crippen molar-refractivity contribution in [3.8, 4) is 0 Å². The second kappa shape index (κ2) is 6.89. The van der Waals surface area contributed by atoms with Gasteiger partial charge >= 0.3 is 5.97 Å². The van der Waals surface area contributed by atoms with Crippen LogP contribution in [0, 0.1) is 11.8 Å². The molecule has 0 radical (unpaired) electrons. The van der Waals surface area contributed by atoms with Gasteiger partial charge in [-0.05, 0) is 25.7 Å². The summed E-state index contributed by atoms with van der Waals surface area (Å²) in [6, 6.07) is -0.576. The van der Waals surface area contributed by atoms with E-state index in [2.05, 4.69) is 5.32 Å². The molecular formula is C14H22N2O5. The van der Waals surface area contributed by atoms with Crippen LogP contribution in [0.3, 0.4) is 0 Å². The van der Waals surface area contributed by atoms with Crippen LogP contribution in [-0.2, 0) is 19.1 Å². The standard InChI is InChI=1S/C14H22N2O5/c1-15-12(17)11-8-21-7-6-16(11)13(18)9-2-4-10(5-3-9)14(19)20/h9-11H,2-8H2,1H3,(H,15,17)(H,19,20). The van der Waals surface area contributed by atoms with Gasteiger partial charge in [0, 0.05) is 19.5 Å². The van der Waals surface area contributed by atoms with Gasteiger partial charge in [0.1, 0.15) is 6.04 Å². The Kier molecular flexibility index (Phi) is 5.17. The Morgan fingerprint density at radius 1 is 1.14 bits per heavy atom. The Morgan fingerprint density at radius 2 is 1.76 bits per heavy atom. The summed E-state index contributed by atoms with van der Waals surface area (Å²) in [5, 5.41) is 11.5. The molecule has 2 N–H and O–H groups in total. The molecule has 1 unspecified atom stereocenters. The molecule has 7 heteroatoms. The van der Waals surface area contributed by atoms with Crippen LogP contribution in [0.1, 0.15) is 25.7 Å². The topological polar surface area (TPSA) is 95.9 Å². The molecule has 2 aliphatic rings. The molecule has 1 aliphatic heterocycles. The average Bonchev–Trinajstić information content (AvgIpc) is 2.53. The quantitative estimate of drug-likeness (QED) is 0.755. The molecule has 0 spiro atoms. The van der Waals surface area contributed by atoms with Crippen LogP contribution in [0.5, 0.6) is 0 Å². The largest absolute Gasteiger partial charge is 0.481 e. The van der Waals surface area contributed by atoms with Gasteiger partial charge in [0.15, 0.2) is 0 Å². The summed E-state index contributed by atoms with van der Waals surface area (Å²) >= 11 is 0. The van der Waals surface area contributed by atoms with Crippen molar-refractivity contribution in [1.82, 2.24) is 10.2 Å². The van der Waals surface area contributed by atoms with Gasteiger partial charge < -0.3 is 20.1 Å².